The van der Waals surface area contributed by atoms with Crippen molar-refractivity contribution in [2.24, 2.45) is 5.92 Å². The molecule has 12 heavy (non-hydrogen) atoms. The maximum absolute atomic E-state index is 5.71. The molecule has 74 valence electrons. The quantitative estimate of drug-likeness (QED) is 0.466. The monoisotopic (exact) mass is 190 g/mol. The van der Waals surface area contributed by atoms with E-state index in [1.165, 1.54) is 6.42 Å². The molecule has 0 aliphatic heterocycles. The molecule has 0 amide bonds. The van der Waals surface area contributed by atoms with Gasteiger partial charge in [-0.2, -0.15) is 0 Å². The van der Waals surface area contributed by atoms with Crippen molar-refractivity contribution in [1.82, 2.24) is 0 Å². The van der Waals surface area contributed by atoms with Crippen molar-refractivity contribution in [2.75, 3.05) is 0 Å². The molecule has 0 aromatic heterocycles. The number of hydrogen-bond donors (Lipinski definition) is 0. The van der Waals surface area contributed by atoms with E-state index in [4.69, 9.17) is 9.16 Å². The molecule has 3 atom stereocenters. The van der Waals surface area contributed by atoms with E-state index in [-0.39, 0.29) is 6.29 Å². The SMILES string of the molecule is CCC(O[SiH3])OC(C)C(C)CC. The van der Waals surface area contributed by atoms with Gasteiger partial charge in [0.05, 0.1) is 6.10 Å². The van der Waals surface area contributed by atoms with Crippen LogP contribution in [0, 0.1) is 5.92 Å². The molecule has 0 saturated carbocycles. The molecule has 0 radical (unpaired) electrons. The summed E-state index contributed by atoms with van der Waals surface area (Å²) in [7, 11) is 0.760. The highest BCUT2D eigenvalue weighted by atomic mass is 28.2. The third-order valence-corrected chi connectivity index (χ3v) is 2.93. The van der Waals surface area contributed by atoms with Crippen molar-refractivity contribution in [3.63, 3.8) is 0 Å². The smallest absolute Gasteiger partial charge is 0.149 e. The fraction of sp³-hybridized carbons (Fsp3) is 1.00. The second-order valence-corrected chi connectivity index (χ2v) is 3.77. The van der Waals surface area contributed by atoms with Crippen molar-refractivity contribution in [3.05, 3.63) is 0 Å². The summed E-state index contributed by atoms with van der Waals surface area (Å²) in [5, 5.41) is 0. The molecule has 0 fully saturated rings. The molecule has 0 heterocycles. The molecule has 0 aliphatic carbocycles. The molecule has 2 nitrogen and oxygen atoms in total. The van der Waals surface area contributed by atoms with Crippen LogP contribution in [0.1, 0.15) is 40.5 Å². The topological polar surface area (TPSA) is 18.5 Å². The highest BCUT2D eigenvalue weighted by Crippen LogP contribution is 2.14. The van der Waals surface area contributed by atoms with E-state index in [1.54, 1.807) is 0 Å². The average Bonchev–Trinajstić information content (AvgIpc) is 2.12. The van der Waals surface area contributed by atoms with Crippen molar-refractivity contribution in [1.29, 1.82) is 0 Å². The first-order valence-electron chi connectivity index (χ1n) is 4.83. The Hall–Kier alpha value is 0.137. The standard InChI is InChI=1S/C9H22O2Si/c1-5-7(3)8(4)10-9(6-2)11-12/h7-9H,5-6H2,1-4,12H3. The maximum atomic E-state index is 5.71. The zero-order chi connectivity index (χ0) is 9.56. The molecule has 0 aromatic rings. The lowest BCUT2D eigenvalue weighted by Crippen LogP contribution is -2.26. The predicted octanol–water partition coefficient (Wildman–Crippen LogP) is 1.47. The molecule has 0 saturated heterocycles. The van der Waals surface area contributed by atoms with Gasteiger partial charge in [0.15, 0.2) is 0 Å². The number of rotatable bonds is 6. The Balaban J connectivity index is 3.72. The molecule has 0 bridgehead atoms. The summed E-state index contributed by atoms with van der Waals surface area (Å²) >= 11 is 0. The second-order valence-electron chi connectivity index (χ2n) is 3.30. The van der Waals surface area contributed by atoms with Gasteiger partial charge in [0.25, 0.3) is 0 Å². The number of ether oxygens (including phenoxy) is 1. The van der Waals surface area contributed by atoms with Gasteiger partial charge >= 0.3 is 0 Å². The highest BCUT2D eigenvalue weighted by Gasteiger charge is 2.14. The van der Waals surface area contributed by atoms with Crippen molar-refractivity contribution in [3.8, 4) is 0 Å². The lowest BCUT2D eigenvalue weighted by Gasteiger charge is -2.24. The number of hydrogen-bond acceptors (Lipinski definition) is 2. The Morgan fingerprint density at radius 3 is 2.08 bits per heavy atom. The van der Waals surface area contributed by atoms with Crippen LogP contribution in [0.4, 0.5) is 0 Å². The van der Waals surface area contributed by atoms with Gasteiger partial charge in [0, 0.05) is 0 Å². The van der Waals surface area contributed by atoms with Gasteiger partial charge in [-0.3, -0.25) is 0 Å². The van der Waals surface area contributed by atoms with Crippen LogP contribution in [0.2, 0.25) is 0 Å². The summed E-state index contributed by atoms with van der Waals surface area (Å²) in [5.41, 5.74) is 0. The summed E-state index contributed by atoms with van der Waals surface area (Å²) in [6, 6.07) is 0. The molecule has 0 spiro atoms. The van der Waals surface area contributed by atoms with Crippen LogP contribution >= 0.6 is 0 Å². The van der Waals surface area contributed by atoms with E-state index < -0.39 is 0 Å². The van der Waals surface area contributed by atoms with E-state index in [0.29, 0.717) is 12.0 Å². The first-order valence-corrected chi connectivity index (χ1v) is 5.65. The fourth-order valence-electron chi connectivity index (χ4n) is 1.02. The van der Waals surface area contributed by atoms with Gasteiger partial charge in [-0.1, -0.05) is 27.2 Å². The second kappa shape index (κ2) is 6.63. The van der Waals surface area contributed by atoms with E-state index in [2.05, 4.69) is 27.7 Å². The van der Waals surface area contributed by atoms with Gasteiger partial charge < -0.3 is 9.16 Å². The largest absolute Gasteiger partial charge is 0.404 e. The molecular formula is C9H22O2Si. The van der Waals surface area contributed by atoms with Crippen molar-refractivity contribution in [2.45, 2.75) is 52.9 Å². The Bertz CT molecular complexity index is 105. The van der Waals surface area contributed by atoms with Gasteiger partial charge in [-0.15, -0.1) is 0 Å². The third-order valence-electron chi connectivity index (χ3n) is 2.41. The van der Waals surface area contributed by atoms with Crippen LogP contribution in [-0.4, -0.2) is 22.9 Å². The molecule has 0 rings (SSSR count). The third kappa shape index (κ3) is 4.23. The molecule has 3 heteroatoms. The summed E-state index contributed by atoms with van der Waals surface area (Å²) < 4.78 is 11.0. The van der Waals surface area contributed by atoms with E-state index in [0.717, 1.165) is 16.9 Å². The maximum Gasteiger partial charge on any atom is 0.149 e. The van der Waals surface area contributed by atoms with Crippen LogP contribution in [0.5, 0.6) is 0 Å². The average molecular weight is 190 g/mol. The fourth-order valence-corrected chi connectivity index (χ4v) is 1.47. The van der Waals surface area contributed by atoms with Crippen LogP contribution in [0.3, 0.4) is 0 Å². The van der Waals surface area contributed by atoms with E-state index >= 15 is 0 Å². The summed E-state index contributed by atoms with van der Waals surface area (Å²) in [6.45, 7) is 8.61. The van der Waals surface area contributed by atoms with E-state index in [9.17, 15) is 0 Å². The van der Waals surface area contributed by atoms with Crippen LogP contribution in [0.15, 0.2) is 0 Å². The highest BCUT2D eigenvalue weighted by molar-refractivity contribution is 5.98. The minimum Gasteiger partial charge on any atom is -0.404 e. The van der Waals surface area contributed by atoms with Gasteiger partial charge in [-0.25, -0.2) is 0 Å². The Kier molecular flexibility index (Phi) is 6.71. The minimum absolute atomic E-state index is 0.0284. The lowest BCUT2D eigenvalue weighted by molar-refractivity contribution is -0.127. The molecular weight excluding hydrogens is 168 g/mol. The minimum atomic E-state index is 0.0284. The summed E-state index contributed by atoms with van der Waals surface area (Å²) in [4.78, 5) is 0. The Morgan fingerprint density at radius 2 is 1.75 bits per heavy atom. The lowest BCUT2D eigenvalue weighted by atomic mass is 10.0. The first-order chi connectivity index (χ1) is 5.65. The van der Waals surface area contributed by atoms with Gasteiger partial charge in [-0.05, 0) is 19.3 Å². The molecule has 3 unspecified atom stereocenters. The molecule has 0 N–H and O–H groups in total. The Morgan fingerprint density at radius 1 is 1.17 bits per heavy atom. The normalized spacial score (nSPS) is 19.0. The van der Waals surface area contributed by atoms with Crippen LogP contribution in [0.25, 0.3) is 0 Å². The molecule has 0 aliphatic rings. The van der Waals surface area contributed by atoms with Crippen LogP contribution < -0.4 is 0 Å². The zero-order valence-electron chi connectivity index (χ0n) is 8.96. The summed E-state index contributed by atoms with van der Waals surface area (Å²) in [6.07, 6.45) is 2.46. The van der Waals surface area contributed by atoms with E-state index in [1.807, 2.05) is 0 Å². The van der Waals surface area contributed by atoms with Gasteiger partial charge in [0.1, 0.15) is 16.8 Å². The van der Waals surface area contributed by atoms with Crippen molar-refractivity contribution >= 4 is 10.5 Å². The zero-order valence-corrected chi connectivity index (χ0v) is 11.0. The van der Waals surface area contributed by atoms with Crippen molar-refractivity contribution < 1.29 is 9.16 Å². The molecule has 0 aromatic carbocycles. The summed E-state index contributed by atoms with van der Waals surface area (Å²) in [5.74, 6) is 0.621. The van der Waals surface area contributed by atoms with Crippen LogP contribution in [-0.2, 0) is 9.16 Å². The Labute approximate surface area is 79.2 Å². The van der Waals surface area contributed by atoms with Gasteiger partial charge in [0.2, 0.25) is 0 Å². The predicted molar refractivity (Wildman–Crippen MR) is 55.1 cm³/mol. The first kappa shape index (κ1) is 12.1.